The van der Waals surface area contributed by atoms with Crippen LogP contribution in [-0.2, 0) is 25.4 Å². The number of hydrogen-bond acceptors (Lipinski definition) is 7. The van der Waals surface area contributed by atoms with Crippen LogP contribution >= 0.6 is 0 Å². The second-order valence-corrected chi connectivity index (χ2v) is 9.23. The second kappa shape index (κ2) is 10.7. The first-order valence-corrected chi connectivity index (χ1v) is 11.1. The van der Waals surface area contributed by atoms with E-state index >= 15 is 0 Å². The summed E-state index contributed by atoms with van der Waals surface area (Å²) in [6.45, 7) is 5.67. The molecule has 1 fully saturated rings. The highest BCUT2D eigenvalue weighted by atomic mass is 16.6. The highest BCUT2D eigenvalue weighted by Crippen LogP contribution is 2.33. The summed E-state index contributed by atoms with van der Waals surface area (Å²) >= 11 is 0. The van der Waals surface area contributed by atoms with E-state index in [1.807, 2.05) is 12.1 Å². The molecule has 32 heavy (non-hydrogen) atoms. The summed E-state index contributed by atoms with van der Waals surface area (Å²) in [4.78, 5) is 32.9. The zero-order valence-electron chi connectivity index (χ0n) is 19.3. The topological polar surface area (TPSA) is 99.6 Å². The molecule has 0 aromatic carbocycles. The Hall–Kier alpha value is -2.74. The minimum atomic E-state index is -0.793. The van der Waals surface area contributed by atoms with E-state index in [-0.39, 0.29) is 6.10 Å². The molecule has 2 aromatic rings. The summed E-state index contributed by atoms with van der Waals surface area (Å²) in [5.41, 5.74) is 1.22. The Kier molecular flexibility index (Phi) is 8.01. The number of fused-ring (bicyclic) bond motifs is 1. The zero-order chi connectivity index (χ0) is 23.1. The van der Waals surface area contributed by atoms with Gasteiger partial charge < -0.3 is 19.5 Å². The summed E-state index contributed by atoms with van der Waals surface area (Å²) in [5, 5.41) is 3.62. The lowest BCUT2D eigenvalue weighted by molar-refractivity contribution is -0.144. The molecule has 1 unspecified atom stereocenters. The van der Waals surface area contributed by atoms with Crippen molar-refractivity contribution in [1.82, 2.24) is 15.3 Å². The van der Waals surface area contributed by atoms with E-state index < -0.39 is 23.7 Å². The molecule has 1 aliphatic rings. The Bertz CT molecular complexity index is 921. The molecule has 0 bridgehead atoms. The van der Waals surface area contributed by atoms with Crippen molar-refractivity contribution in [3.05, 3.63) is 36.2 Å². The fourth-order valence-electron chi connectivity index (χ4n) is 3.72. The van der Waals surface area contributed by atoms with E-state index in [1.165, 1.54) is 7.11 Å². The van der Waals surface area contributed by atoms with Crippen molar-refractivity contribution in [2.24, 2.45) is 5.92 Å². The SMILES string of the molecule is COC(=O)C(CCOC1CC(CCc2ccc3cccnc3n2)C1)NC(=O)OC(C)(C)C. The Morgan fingerprint density at radius 2 is 2.00 bits per heavy atom. The number of amides is 1. The van der Waals surface area contributed by atoms with Crippen molar-refractivity contribution in [1.29, 1.82) is 0 Å². The summed E-state index contributed by atoms with van der Waals surface area (Å²) < 4.78 is 15.9. The molecule has 1 aliphatic carbocycles. The van der Waals surface area contributed by atoms with Gasteiger partial charge in [-0.15, -0.1) is 0 Å². The number of alkyl carbamates (subject to hydrolysis) is 1. The molecule has 174 valence electrons. The number of methoxy groups -OCH3 is 1. The molecule has 3 rings (SSSR count). The normalized spacial score (nSPS) is 19.1. The van der Waals surface area contributed by atoms with Crippen LogP contribution in [0.2, 0.25) is 0 Å². The van der Waals surface area contributed by atoms with E-state index in [2.05, 4.69) is 27.4 Å². The van der Waals surface area contributed by atoms with Gasteiger partial charge >= 0.3 is 12.1 Å². The van der Waals surface area contributed by atoms with Crippen LogP contribution in [0.25, 0.3) is 11.0 Å². The van der Waals surface area contributed by atoms with E-state index in [1.54, 1.807) is 27.0 Å². The molecule has 0 spiro atoms. The van der Waals surface area contributed by atoms with Gasteiger partial charge in [0.15, 0.2) is 5.65 Å². The van der Waals surface area contributed by atoms with Crippen molar-refractivity contribution in [3.8, 4) is 0 Å². The number of aryl methyl sites for hydroxylation is 1. The molecule has 1 atom stereocenters. The van der Waals surface area contributed by atoms with Gasteiger partial charge in [0, 0.05) is 30.3 Å². The minimum Gasteiger partial charge on any atom is -0.467 e. The van der Waals surface area contributed by atoms with E-state index in [4.69, 9.17) is 14.2 Å². The molecule has 0 saturated heterocycles. The molecule has 0 aliphatic heterocycles. The van der Waals surface area contributed by atoms with Gasteiger partial charge in [0.25, 0.3) is 0 Å². The first kappa shape index (κ1) is 23.9. The molecule has 1 saturated carbocycles. The first-order valence-electron chi connectivity index (χ1n) is 11.1. The van der Waals surface area contributed by atoms with Gasteiger partial charge in [-0.05, 0) is 76.6 Å². The van der Waals surface area contributed by atoms with Crippen LogP contribution in [0.1, 0.15) is 52.1 Å². The van der Waals surface area contributed by atoms with Crippen molar-refractivity contribution < 1.29 is 23.8 Å². The molecule has 0 radical (unpaired) electrons. The number of carbonyl (C=O) groups excluding carboxylic acids is 2. The van der Waals surface area contributed by atoms with Gasteiger partial charge in [0.2, 0.25) is 0 Å². The number of aromatic nitrogens is 2. The van der Waals surface area contributed by atoms with Crippen molar-refractivity contribution in [2.75, 3.05) is 13.7 Å². The average Bonchev–Trinajstić information content (AvgIpc) is 2.71. The third kappa shape index (κ3) is 7.15. The molecule has 8 nitrogen and oxygen atoms in total. The summed E-state index contributed by atoms with van der Waals surface area (Å²) in [6.07, 6.45) is 5.62. The molecule has 2 aromatic heterocycles. The number of ether oxygens (including phenoxy) is 3. The number of hydrogen-bond donors (Lipinski definition) is 1. The summed E-state index contributed by atoms with van der Waals surface area (Å²) in [5.74, 6) is 0.0980. The van der Waals surface area contributed by atoms with Crippen LogP contribution in [0.4, 0.5) is 4.79 Å². The highest BCUT2D eigenvalue weighted by molar-refractivity contribution is 5.81. The van der Waals surface area contributed by atoms with Crippen LogP contribution in [0.5, 0.6) is 0 Å². The van der Waals surface area contributed by atoms with Gasteiger partial charge in [-0.1, -0.05) is 0 Å². The Balaban J connectivity index is 1.35. The fourth-order valence-corrected chi connectivity index (χ4v) is 3.72. The Morgan fingerprint density at radius 1 is 1.22 bits per heavy atom. The van der Waals surface area contributed by atoms with Crippen LogP contribution in [0.15, 0.2) is 30.5 Å². The number of carbonyl (C=O) groups is 2. The maximum atomic E-state index is 12.0. The second-order valence-electron chi connectivity index (χ2n) is 9.23. The fraction of sp³-hybridized carbons (Fsp3) is 0.583. The Labute approximate surface area is 189 Å². The monoisotopic (exact) mass is 443 g/mol. The lowest BCUT2D eigenvalue weighted by Gasteiger charge is -2.35. The zero-order valence-corrected chi connectivity index (χ0v) is 19.3. The maximum absolute atomic E-state index is 12.0. The third-order valence-electron chi connectivity index (χ3n) is 5.46. The molecule has 8 heteroatoms. The third-order valence-corrected chi connectivity index (χ3v) is 5.46. The molecule has 1 amide bonds. The van der Waals surface area contributed by atoms with Crippen LogP contribution in [0.3, 0.4) is 0 Å². The summed E-state index contributed by atoms with van der Waals surface area (Å²) in [6, 6.07) is 7.28. The maximum Gasteiger partial charge on any atom is 0.408 e. The standard InChI is InChI=1S/C24H33N3O5/c1-24(2,3)32-23(29)27-20(22(28)30-4)11-13-31-19-14-16(15-19)7-9-18-10-8-17-6-5-12-25-21(17)26-18/h5-6,8,10,12,16,19-20H,7,9,11,13-15H2,1-4H3,(H,27,29). The predicted molar refractivity (Wildman–Crippen MR) is 120 cm³/mol. The van der Waals surface area contributed by atoms with Gasteiger partial charge in [-0.3, -0.25) is 0 Å². The molecular weight excluding hydrogens is 410 g/mol. The summed E-state index contributed by atoms with van der Waals surface area (Å²) in [7, 11) is 1.30. The lowest BCUT2D eigenvalue weighted by Crippen LogP contribution is -2.45. The van der Waals surface area contributed by atoms with Crippen molar-refractivity contribution >= 4 is 23.1 Å². The van der Waals surface area contributed by atoms with Crippen molar-refractivity contribution in [3.63, 3.8) is 0 Å². The predicted octanol–water partition coefficient (Wildman–Crippen LogP) is 3.81. The van der Waals surface area contributed by atoms with E-state index in [0.717, 1.165) is 42.4 Å². The largest absolute Gasteiger partial charge is 0.467 e. The smallest absolute Gasteiger partial charge is 0.408 e. The van der Waals surface area contributed by atoms with E-state index in [0.29, 0.717) is 18.9 Å². The minimum absolute atomic E-state index is 0.186. The van der Waals surface area contributed by atoms with Crippen LogP contribution in [-0.4, -0.2) is 53.5 Å². The van der Waals surface area contributed by atoms with Crippen LogP contribution < -0.4 is 5.32 Å². The Morgan fingerprint density at radius 3 is 2.72 bits per heavy atom. The first-order chi connectivity index (χ1) is 15.2. The quantitative estimate of drug-likeness (QED) is 0.588. The molecular formula is C24H33N3O5. The number of nitrogens with zero attached hydrogens (tertiary/aromatic N) is 2. The van der Waals surface area contributed by atoms with Crippen molar-refractivity contribution in [2.45, 2.75) is 70.6 Å². The number of esters is 1. The van der Waals surface area contributed by atoms with Gasteiger partial charge in [0.1, 0.15) is 11.6 Å². The van der Waals surface area contributed by atoms with Gasteiger partial charge in [-0.25, -0.2) is 19.6 Å². The molecule has 2 heterocycles. The lowest BCUT2D eigenvalue weighted by atomic mass is 9.79. The number of pyridine rings is 2. The number of nitrogens with one attached hydrogen (secondary N) is 1. The van der Waals surface area contributed by atoms with Crippen LogP contribution in [0, 0.1) is 5.92 Å². The van der Waals surface area contributed by atoms with E-state index in [9.17, 15) is 9.59 Å². The van der Waals surface area contributed by atoms with Gasteiger partial charge in [-0.2, -0.15) is 0 Å². The highest BCUT2D eigenvalue weighted by Gasteiger charge is 2.30. The number of rotatable bonds is 9. The molecule has 1 N–H and O–H groups in total. The average molecular weight is 444 g/mol. The van der Waals surface area contributed by atoms with Gasteiger partial charge in [0.05, 0.1) is 13.2 Å².